The second-order valence-electron chi connectivity index (χ2n) is 9.73. The van der Waals surface area contributed by atoms with Crippen LogP contribution < -0.4 is 9.47 Å². The van der Waals surface area contributed by atoms with Gasteiger partial charge in [-0.05, 0) is 102 Å². The van der Waals surface area contributed by atoms with E-state index < -0.39 is 0 Å². The third-order valence-corrected chi connectivity index (χ3v) is 8.71. The Kier molecular flexibility index (Phi) is 7.64. The van der Waals surface area contributed by atoms with Gasteiger partial charge in [-0.25, -0.2) is 0 Å². The van der Waals surface area contributed by atoms with E-state index in [1.165, 1.54) is 54.9 Å². The molecule has 0 N–H and O–H groups in total. The Labute approximate surface area is 251 Å². The van der Waals surface area contributed by atoms with Crippen molar-refractivity contribution in [2.75, 3.05) is 14.2 Å². The number of fused-ring (bicyclic) bond motifs is 2. The molecule has 4 heteroatoms. The standard InChI is InChI=1S/C36H28Br2O2/c1-39-27-13-7-11-23(17-27)31-19-25-9-3-5-15-29(25)35(33(31)21-37)36-30-16-6-4-10-26(30)20-32(34(36)22-38)24-12-8-14-28(18-24)40-2/h3-20H,21-22H2,1-2H3. The van der Waals surface area contributed by atoms with Crippen LogP contribution in [0, 0.1) is 0 Å². The van der Waals surface area contributed by atoms with Crippen LogP contribution in [0.25, 0.3) is 54.9 Å². The van der Waals surface area contributed by atoms with E-state index in [0.29, 0.717) is 10.7 Å². The van der Waals surface area contributed by atoms with Gasteiger partial charge < -0.3 is 9.47 Å². The van der Waals surface area contributed by atoms with Gasteiger partial charge in [0.1, 0.15) is 11.5 Å². The Hall–Kier alpha value is -3.60. The number of ether oxygens (including phenoxy) is 2. The first-order valence-corrected chi connectivity index (χ1v) is 15.4. The summed E-state index contributed by atoms with van der Waals surface area (Å²) in [4.78, 5) is 0. The molecule has 40 heavy (non-hydrogen) atoms. The predicted octanol–water partition coefficient (Wildman–Crippen LogP) is 10.8. The van der Waals surface area contributed by atoms with E-state index in [2.05, 4.69) is 129 Å². The molecular formula is C36H28Br2O2. The fourth-order valence-electron chi connectivity index (χ4n) is 5.73. The average molecular weight is 652 g/mol. The van der Waals surface area contributed by atoms with Crippen LogP contribution in [0.15, 0.2) is 109 Å². The van der Waals surface area contributed by atoms with Gasteiger partial charge in [-0.2, -0.15) is 0 Å². The van der Waals surface area contributed by atoms with Crippen molar-refractivity contribution >= 4 is 53.4 Å². The molecule has 0 aromatic heterocycles. The molecule has 0 bridgehead atoms. The highest BCUT2D eigenvalue weighted by Crippen LogP contribution is 2.47. The van der Waals surface area contributed by atoms with Crippen molar-refractivity contribution in [2.45, 2.75) is 10.7 Å². The SMILES string of the molecule is COc1cccc(-c2cc3ccccc3c(-c3c(CBr)c(-c4cccc(OC)c4)cc4ccccc34)c2CBr)c1. The van der Waals surface area contributed by atoms with E-state index in [1.807, 2.05) is 12.1 Å². The van der Waals surface area contributed by atoms with Crippen LogP contribution in [-0.4, -0.2) is 14.2 Å². The quantitative estimate of drug-likeness (QED) is 0.160. The Morgan fingerprint density at radius 1 is 0.500 bits per heavy atom. The summed E-state index contributed by atoms with van der Waals surface area (Å²) in [5.74, 6) is 1.69. The van der Waals surface area contributed by atoms with Gasteiger partial charge in [-0.15, -0.1) is 0 Å². The first-order chi connectivity index (χ1) is 19.7. The molecular weight excluding hydrogens is 624 g/mol. The van der Waals surface area contributed by atoms with Crippen LogP contribution in [0.4, 0.5) is 0 Å². The van der Waals surface area contributed by atoms with Crippen LogP contribution in [-0.2, 0) is 10.7 Å². The molecule has 0 radical (unpaired) electrons. The fourth-order valence-corrected chi connectivity index (χ4v) is 6.89. The van der Waals surface area contributed by atoms with E-state index in [9.17, 15) is 0 Å². The lowest BCUT2D eigenvalue weighted by Crippen LogP contribution is -2.00. The van der Waals surface area contributed by atoms with Crippen molar-refractivity contribution in [1.82, 2.24) is 0 Å². The zero-order chi connectivity index (χ0) is 27.6. The van der Waals surface area contributed by atoms with Crippen molar-refractivity contribution in [3.63, 3.8) is 0 Å². The average Bonchev–Trinajstić information content (AvgIpc) is 3.02. The first-order valence-electron chi connectivity index (χ1n) is 13.2. The van der Waals surface area contributed by atoms with E-state index in [1.54, 1.807) is 14.2 Å². The third-order valence-electron chi connectivity index (χ3n) is 7.59. The number of alkyl halides is 2. The van der Waals surface area contributed by atoms with Crippen LogP contribution >= 0.6 is 31.9 Å². The molecule has 2 nitrogen and oxygen atoms in total. The zero-order valence-corrected chi connectivity index (χ0v) is 25.6. The van der Waals surface area contributed by atoms with Gasteiger partial charge in [0.05, 0.1) is 14.2 Å². The van der Waals surface area contributed by atoms with Crippen molar-refractivity contribution in [3.05, 3.63) is 120 Å². The molecule has 6 rings (SSSR count). The lowest BCUT2D eigenvalue weighted by atomic mass is 9.82. The molecule has 0 saturated heterocycles. The first kappa shape index (κ1) is 26.6. The maximum atomic E-state index is 5.60. The molecule has 6 aromatic carbocycles. The largest absolute Gasteiger partial charge is 0.497 e. The summed E-state index contributed by atoms with van der Waals surface area (Å²) >= 11 is 7.82. The Bertz CT molecular complexity index is 1720. The minimum atomic E-state index is 0.707. The maximum absolute atomic E-state index is 5.60. The van der Waals surface area contributed by atoms with Crippen molar-refractivity contribution in [1.29, 1.82) is 0 Å². The molecule has 0 unspecified atom stereocenters. The highest BCUT2D eigenvalue weighted by molar-refractivity contribution is 9.08. The second-order valence-corrected chi connectivity index (χ2v) is 10.9. The summed E-state index contributed by atoms with van der Waals surface area (Å²) in [6.45, 7) is 0. The van der Waals surface area contributed by atoms with Crippen molar-refractivity contribution < 1.29 is 9.47 Å². The molecule has 0 aliphatic rings. The molecule has 0 aliphatic carbocycles. The van der Waals surface area contributed by atoms with Crippen LogP contribution in [0.5, 0.6) is 11.5 Å². The number of benzene rings is 6. The number of halogens is 2. The molecule has 0 heterocycles. The van der Waals surface area contributed by atoms with E-state index in [-0.39, 0.29) is 0 Å². The van der Waals surface area contributed by atoms with Crippen molar-refractivity contribution in [2.24, 2.45) is 0 Å². The van der Waals surface area contributed by atoms with Crippen molar-refractivity contribution in [3.8, 4) is 44.9 Å². The predicted molar refractivity (Wildman–Crippen MR) is 176 cm³/mol. The van der Waals surface area contributed by atoms with Gasteiger partial charge in [0.2, 0.25) is 0 Å². The summed E-state index contributed by atoms with van der Waals surface area (Å²) in [6, 6.07) is 38.7. The van der Waals surface area contributed by atoms with Crippen LogP contribution in [0.1, 0.15) is 11.1 Å². The highest BCUT2D eigenvalue weighted by atomic mass is 79.9. The number of hydrogen-bond donors (Lipinski definition) is 0. The normalized spacial score (nSPS) is 11.2. The van der Waals surface area contributed by atoms with E-state index in [0.717, 1.165) is 22.6 Å². The van der Waals surface area contributed by atoms with Gasteiger partial charge >= 0.3 is 0 Å². The Balaban J connectivity index is 1.78. The highest BCUT2D eigenvalue weighted by Gasteiger charge is 2.22. The number of rotatable bonds is 7. The molecule has 0 amide bonds. The summed E-state index contributed by atoms with van der Waals surface area (Å²) in [5, 5.41) is 6.29. The van der Waals surface area contributed by atoms with Gasteiger partial charge in [0.15, 0.2) is 0 Å². The minimum Gasteiger partial charge on any atom is -0.497 e. The summed E-state index contributed by atoms with van der Waals surface area (Å²) < 4.78 is 11.2. The summed E-state index contributed by atoms with van der Waals surface area (Å²) in [5.41, 5.74) is 9.67. The third kappa shape index (κ3) is 4.70. The minimum absolute atomic E-state index is 0.707. The monoisotopic (exact) mass is 650 g/mol. The van der Waals surface area contributed by atoms with E-state index >= 15 is 0 Å². The van der Waals surface area contributed by atoms with Crippen LogP contribution in [0.2, 0.25) is 0 Å². The number of methoxy groups -OCH3 is 2. The topological polar surface area (TPSA) is 18.5 Å². The van der Waals surface area contributed by atoms with Gasteiger partial charge in [0.25, 0.3) is 0 Å². The number of hydrogen-bond acceptors (Lipinski definition) is 2. The lowest BCUT2D eigenvalue weighted by molar-refractivity contribution is 0.415. The summed E-state index contributed by atoms with van der Waals surface area (Å²) in [7, 11) is 3.43. The van der Waals surface area contributed by atoms with E-state index in [4.69, 9.17) is 9.47 Å². The lowest BCUT2D eigenvalue weighted by Gasteiger charge is -2.23. The molecule has 6 aromatic rings. The van der Waals surface area contributed by atoms with Crippen LogP contribution in [0.3, 0.4) is 0 Å². The summed E-state index contributed by atoms with van der Waals surface area (Å²) in [6.07, 6.45) is 0. The molecule has 198 valence electrons. The molecule has 0 fully saturated rings. The molecule has 0 aliphatic heterocycles. The van der Waals surface area contributed by atoms with Gasteiger partial charge in [-0.3, -0.25) is 0 Å². The smallest absolute Gasteiger partial charge is 0.119 e. The Morgan fingerprint density at radius 3 is 1.32 bits per heavy atom. The molecule has 0 saturated carbocycles. The van der Waals surface area contributed by atoms with Gasteiger partial charge in [0, 0.05) is 10.7 Å². The van der Waals surface area contributed by atoms with Gasteiger partial charge in [-0.1, -0.05) is 105 Å². The Morgan fingerprint density at radius 2 is 0.925 bits per heavy atom. The molecule has 0 atom stereocenters. The fraction of sp³-hybridized carbons (Fsp3) is 0.111. The maximum Gasteiger partial charge on any atom is 0.119 e. The zero-order valence-electron chi connectivity index (χ0n) is 22.4. The molecule has 0 spiro atoms. The second kappa shape index (κ2) is 11.5.